The van der Waals surface area contributed by atoms with Gasteiger partial charge >= 0.3 is 0 Å². The van der Waals surface area contributed by atoms with Gasteiger partial charge in [0.2, 0.25) is 5.43 Å². The predicted octanol–water partition coefficient (Wildman–Crippen LogP) is 2.96. The van der Waals surface area contributed by atoms with Gasteiger partial charge in [0.1, 0.15) is 22.9 Å². The molecule has 1 aliphatic carbocycles. The van der Waals surface area contributed by atoms with Gasteiger partial charge in [-0.15, -0.1) is 0 Å². The molecule has 176 valence electrons. The van der Waals surface area contributed by atoms with Crippen LogP contribution in [0.25, 0.3) is 0 Å². The first-order valence-electron chi connectivity index (χ1n) is 10.9. The zero-order valence-corrected chi connectivity index (χ0v) is 18.5. The first-order valence-corrected chi connectivity index (χ1v) is 10.9. The van der Waals surface area contributed by atoms with Crippen LogP contribution in [0.4, 0.5) is 8.78 Å². The first kappa shape index (κ1) is 23.1. The molecule has 1 amide bonds. The Kier molecular flexibility index (Phi) is 5.86. The summed E-state index contributed by atoms with van der Waals surface area (Å²) in [6, 6.07) is 2.97. The average Bonchev–Trinajstić information content (AvgIpc) is 2.92. The molecule has 1 aromatic carbocycles. The van der Waals surface area contributed by atoms with Crippen molar-refractivity contribution in [2.24, 2.45) is 5.41 Å². The van der Waals surface area contributed by atoms with Gasteiger partial charge in [-0.05, 0) is 25.8 Å². The van der Waals surface area contributed by atoms with Gasteiger partial charge in [0.05, 0.1) is 24.7 Å². The molecule has 2 N–H and O–H groups in total. The molecule has 0 radical (unpaired) electrons. The highest BCUT2D eigenvalue weighted by atomic mass is 19.1. The molecule has 0 unspecified atom stereocenters. The number of ether oxygens (including phenoxy) is 1. The summed E-state index contributed by atoms with van der Waals surface area (Å²) < 4.78 is 33.7. The fourth-order valence-corrected chi connectivity index (χ4v) is 4.99. The van der Waals surface area contributed by atoms with Crippen LogP contribution in [0, 0.1) is 17.0 Å². The third-order valence-corrected chi connectivity index (χ3v) is 7.08. The van der Waals surface area contributed by atoms with Crippen LogP contribution in [0.2, 0.25) is 0 Å². The number of aliphatic hydroxyl groups is 1. The molecular weight excluding hydrogens is 434 g/mol. The summed E-state index contributed by atoms with van der Waals surface area (Å²) in [5.74, 6) is -3.00. The zero-order chi connectivity index (χ0) is 24.0. The minimum atomic E-state index is -1.32. The average molecular weight is 460 g/mol. The highest BCUT2D eigenvalue weighted by Gasteiger charge is 2.57. The Balaban J connectivity index is 1.72. The van der Waals surface area contributed by atoms with Crippen LogP contribution in [0.1, 0.15) is 65.4 Å². The summed E-state index contributed by atoms with van der Waals surface area (Å²) in [5, 5.41) is 13.9. The molecule has 0 saturated heterocycles. The third-order valence-electron chi connectivity index (χ3n) is 7.08. The number of Topliss-reactive ketones (excluding diaryl/α,β-unsaturated/α-hetero) is 1. The van der Waals surface area contributed by atoms with Crippen LogP contribution in [0.5, 0.6) is 5.75 Å². The number of ketones is 1. The molecule has 2 aliphatic rings. The highest BCUT2D eigenvalue weighted by molar-refractivity contribution is 6.04. The minimum Gasteiger partial charge on any atom is -0.491 e. The lowest BCUT2D eigenvalue weighted by Crippen LogP contribution is -2.58. The Morgan fingerprint density at radius 1 is 1.21 bits per heavy atom. The first-order chi connectivity index (χ1) is 15.6. The monoisotopic (exact) mass is 460 g/mol. The maximum atomic E-state index is 13.9. The molecule has 1 fully saturated rings. The molecule has 0 bridgehead atoms. The number of pyridine rings is 1. The number of nitrogens with zero attached hydrogens (tertiary/aromatic N) is 1. The van der Waals surface area contributed by atoms with Crippen LogP contribution in [-0.4, -0.2) is 34.1 Å². The molecule has 7 nitrogen and oxygen atoms in total. The SMILES string of the molecule is COc1c2n(cc(C(=O)NCc3ccc(F)cc3F)c1=O)C[C@]1(O)CCCCC[C@@]1(C)C2=O. The molecule has 4 rings (SSSR count). The van der Waals surface area contributed by atoms with Crippen molar-refractivity contribution < 1.29 is 28.2 Å². The Labute approximate surface area is 189 Å². The van der Waals surface area contributed by atoms with Crippen molar-refractivity contribution in [3.63, 3.8) is 0 Å². The Hall–Kier alpha value is -3.07. The summed E-state index contributed by atoms with van der Waals surface area (Å²) in [7, 11) is 1.25. The second kappa shape index (κ2) is 8.37. The van der Waals surface area contributed by atoms with Gasteiger partial charge in [0.15, 0.2) is 11.5 Å². The largest absolute Gasteiger partial charge is 0.491 e. The molecule has 9 heteroatoms. The number of carbonyl (C=O) groups excluding carboxylic acids is 2. The van der Waals surface area contributed by atoms with Crippen LogP contribution < -0.4 is 15.5 Å². The van der Waals surface area contributed by atoms with E-state index in [2.05, 4.69) is 5.32 Å². The number of benzene rings is 1. The van der Waals surface area contributed by atoms with Crippen molar-refractivity contribution in [2.45, 2.75) is 57.7 Å². The number of aromatic nitrogens is 1. The predicted molar refractivity (Wildman–Crippen MR) is 115 cm³/mol. The van der Waals surface area contributed by atoms with E-state index in [0.717, 1.165) is 25.3 Å². The summed E-state index contributed by atoms with van der Waals surface area (Å²) in [6.45, 7) is 1.50. The van der Waals surface area contributed by atoms with Crippen LogP contribution >= 0.6 is 0 Å². The molecule has 1 aromatic heterocycles. The van der Waals surface area contributed by atoms with E-state index in [1.54, 1.807) is 6.92 Å². The number of methoxy groups -OCH3 is 1. The van der Waals surface area contributed by atoms with E-state index < -0.39 is 34.0 Å². The summed E-state index contributed by atoms with van der Waals surface area (Å²) >= 11 is 0. The highest BCUT2D eigenvalue weighted by Crippen LogP contribution is 2.49. The number of hydrogen-bond donors (Lipinski definition) is 2. The van der Waals surface area contributed by atoms with E-state index in [4.69, 9.17) is 4.74 Å². The second-order valence-corrected chi connectivity index (χ2v) is 9.05. The molecule has 2 atom stereocenters. The van der Waals surface area contributed by atoms with Crippen molar-refractivity contribution in [3.05, 3.63) is 63.1 Å². The lowest BCUT2D eigenvalue weighted by Gasteiger charge is -2.47. The summed E-state index contributed by atoms with van der Waals surface area (Å²) in [5.41, 5.74) is -3.36. The Morgan fingerprint density at radius 3 is 2.64 bits per heavy atom. The van der Waals surface area contributed by atoms with Crippen LogP contribution in [-0.2, 0) is 13.1 Å². The molecule has 2 heterocycles. The maximum absolute atomic E-state index is 13.9. The van der Waals surface area contributed by atoms with Crippen molar-refractivity contribution in [3.8, 4) is 5.75 Å². The molecule has 0 spiro atoms. The topological polar surface area (TPSA) is 97.6 Å². The Morgan fingerprint density at radius 2 is 1.94 bits per heavy atom. The Bertz CT molecular complexity index is 1190. The molecule has 1 saturated carbocycles. The van der Waals surface area contributed by atoms with Crippen molar-refractivity contribution in [1.82, 2.24) is 9.88 Å². The smallest absolute Gasteiger partial charge is 0.257 e. The number of fused-ring (bicyclic) bond motifs is 2. The van der Waals surface area contributed by atoms with Crippen molar-refractivity contribution in [1.29, 1.82) is 0 Å². The van der Waals surface area contributed by atoms with Crippen LogP contribution in [0.15, 0.2) is 29.2 Å². The van der Waals surface area contributed by atoms with E-state index in [9.17, 15) is 28.3 Å². The molecule has 2 aromatic rings. The normalized spacial score (nSPS) is 24.5. The van der Waals surface area contributed by atoms with Gasteiger partial charge in [-0.25, -0.2) is 8.78 Å². The molecule has 1 aliphatic heterocycles. The molecule has 33 heavy (non-hydrogen) atoms. The van der Waals surface area contributed by atoms with E-state index in [1.807, 2.05) is 0 Å². The van der Waals surface area contributed by atoms with E-state index in [1.165, 1.54) is 23.9 Å². The van der Waals surface area contributed by atoms with Gasteiger partial charge in [0.25, 0.3) is 5.91 Å². The standard InChI is InChI=1S/C24H26F2N2O5/c1-23-8-4-3-5-9-24(23,32)13-28-12-16(19(29)20(33-2)18(28)21(23)30)22(31)27-11-14-6-7-15(25)10-17(14)26/h6-7,10,12,32H,3-5,8-9,11,13H2,1-2H3,(H,27,31)/t23-,24+/m0/s1. The van der Waals surface area contributed by atoms with Gasteiger partial charge in [-0.1, -0.05) is 25.3 Å². The van der Waals surface area contributed by atoms with Gasteiger partial charge < -0.3 is 19.7 Å². The quantitative estimate of drug-likeness (QED) is 0.731. The third kappa shape index (κ3) is 3.74. The van der Waals surface area contributed by atoms with E-state index >= 15 is 0 Å². The minimum absolute atomic E-state index is 0.0358. The fraction of sp³-hybridized carbons (Fsp3) is 0.458. The van der Waals surface area contributed by atoms with Gasteiger partial charge in [-0.3, -0.25) is 14.4 Å². The van der Waals surface area contributed by atoms with Gasteiger partial charge in [-0.2, -0.15) is 0 Å². The lowest BCUT2D eigenvalue weighted by atomic mass is 9.64. The van der Waals surface area contributed by atoms with Crippen molar-refractivity contribution >= 4 is 11.7 Å². The van der Waals surface area contributed by atoms with Crippen molar-refractivity contribution in [2.75, 3.05) is 7.11 Å². The van der Waals surface area contributed by atoms with E-state index in [0.29, 0.717) is 18.9 Å². The fourth-order valence-electron chi connectivity index (χ4n) is 4.99. The maximum Gasteiger partial charge on any atom is 0.257 e. The zero-order valence-electron chi connectivity index (χ0n) is 18.5. The lowest BCUT2D eigenvalue weighted by molar-refractivity contribution is -0.0832. The van der Waals surface area contributed by atoms with Crippen LogP contribution in [0.3, 0.4) is 0 Å². The number of carbonyl (C=O) groups is 2. The number of amides is 1. The number of nitrogens with one attached hydrogen (secondary N) is 1. The molecular formula is C24H26F2N2O5. The number of halogens is 2. The summed E-state index contributed by atoms with van der Waals surface area (Å²) in [4.78, 5) is 39.4. The summed E-state index contributed by atoms with van der Waals surface area (Å²) in [6.07, 6.45) is 4.61. The van der Waals surface area contributed by atoms with E-state index in [-0.39, 0.29) is 41.4 Å². The number of hydrogen-bond acceptors (Lipinski definition) is 5. The van der Waals surface area contributed by atoms with Gasteiger partial charge in [0, 0.05) is 24.4 Å². The number of rotatable bonds is 4. The second-order valence-electron chi connectivity index (χ2n) is 9.05.